The second-order valence-corrected chi connectivity index (χ2v) is 4.29. The lowest BCUT2D eigenvalue weighted by Gasteiger charge is -2.10. The molecule has 0 atom stereocenters. The molecule has 6 nitrogen and oxygen atoms in total. The first kappa shape index (κ1) is 13.2. The summed E-state index contributed by atoms with van der Waals surface area (Å²) in [4.78, 5) is 4.15. The number of benzene rings is 1. The molecule has 0 saturated heterocycles. The molecule has 0 unspecified atom stereocenters. The van der Waals surface area contributed by atoms with Crippen molar-refractivity contribution in [3.05, 3.63) is 30.4 Å². The topological polar surface area (TPSA) is 78.0 Å². The maximum Gasteiger partial charge on any atom is 0.169 e. The fourth-order valence-electron chi connectivity index (χ4n) is 1.63. The summed E-state index contributed by atoms with van der Waals surface area (Å²) in [6.07, 6.45) is 2.63. The zero-order valence-corrected chi connectivity index (χ0v) is 11.3. The first-order chi connectivity index (χ1) is 9.19. The molecule has 0 saturated carbocycles. The molecule has 0 fully saturated rings. The van der Waals surface area contributed by atoms with Gasteiger partial charge in [-0.3, -0.25) is 4.68 Å². The van der Waals surface area contributed by atoms with Crippen LogP contribution in [0.4, 0.5) is 11.4 Å². The van der Waals surface area contributed by atoms with Crippen molar-refractivity contribution in [1.29, 1.82) is 0 Å². The maximum absolute atomic E-state index is 5.86. The Morgan fingerprint density at radius 2 is 2.26 bits per heavy atom. The van der Waals surface area contributed by atoms with Crippen molar-refractivity contribution in [3.63, 3.8) is 0 Å². The number of rotatable bonds is 6. The minimum atomic E-state index is 0.567. The number of nitrogens with one attached hydrogen (secondary N) is 1. The van der Waals surface area contributed by atoms with Crippen LogP contribution >= 0.6 is 0 Å². The molecule has 0 aliphatic rings. The first-order valence-corrected chi connectivity index (χ1v) is 6.29. The van der Waals surface area contributed by atoms with Crippen molar-refractivity contribution in [2.45, 2.75) is 19.9 Å². The minimum Gasteiger partial charge on any atom is -0.491 e. The first-order valence-electron chi connectivity index (χ1n) is 6.29. The Morgan fingerprint density at radius 3 is 2.95 bits per heavy atom. The van der Waals surface area contributed by atoms with Crippen LogP contribution in [0.25, 0.3) is 0 Å². The van der Waals surface area contributed by atoms with Gasteiger partial charge in [-0.05, 0) is 18.6 Å². The number of nitrogens with two attached hydrogens (primary N) is 1. The van der Waals surface area contributed by atoms with Crippen LogP contribution in [0.3, 0.4) is 0 Å². The third-order valence-electron chi connectivity index (χ3n) is 2.57. The molecule has 1 aromatic carbocycles. The third kappa shape index (κ3) is 3.61. The molecule has 0 spiro atoms. The van der Waals surface area contributed by atoms with Crippen molar-refractivity contribution in [2.24, 2.45) is 7.05 Å². The van der Waals surface area contributed by atoms with Gasteiger partial charge in [0.15, 0.2) is 5.82 Å². The fraction of sp³-hybridized carbons (Fsp3) is 0.385. The highest BCUT2D eigenvalue weighted by Gasteiger charge is 2.03. The Hall–Kier alpha value is -2.24. The predicted molar refractivity (Wildman–Crippen MR) is 75.0 cm³/mol. The zero-order valence-electron chi connectivity index (χ0n) is 11.3. The van der Waals surface area contributed by atoms with Gasteiger partial charge in [0, 0.05) is 18.8 Å². The monoisotopic (exact) mass is 261 g/mol. The second-order valence-electron chi connectivity index (χ2n) is 4.29. The second kappa shape index (κ2) is 6.08. The van der Waals surface area contributed by atoms with E-state index in [1.807, 2.05) is 25.2 Å². The van der Waals surface area contributed by atoms with Gasteiger partial charge >= 0.3 is 0 Å². The molecule has 0 amide bonds. The van der Waals surface area contributed by atoms with Gasteiger partial charge in [0.25, 0.3) is 0 Å². The summed E-state index contributed by atoms with van der Waals surface area (Å²) >= 11 is 0. The smallest absolute Gasteiger partial charge is 0.169 e. The van der Waals surface area contributed by atoms with E-state index in [9.17, 15) is 0 Å². The Morgan fingerprint density at radius 1 is 1.42 bits per heavy atom. The fourth-order valence-corrected chi connectivity index (χ4v) is 1.63. The number of anilines is 2. The summed E-state index contributed by atoms with van der Waals surface area (Å²) in [6, 6.07) is 5.64. The Kier molecular flexibility index (Phi) is 4.22. The molecular formula is C13H19N5O. The van der Waals surface area contributed by atoms with Gasteiger partial charge in [0.2, 0.25) is 0 Å². The molecule has 102 valence electrons. The van der Waals surface area contributed by atoms with E-state index in [0.29, 0.717) is 24.6 Å². The molecule has 0 radical (unpaired) electrons. The Labute approximate surface area is 112 Å². The van der Waals surface area contributed by atoms with E-state index >= 15 is 0 Å². The van der Waals surface area contributed by atoms with Crippen LogP contribution in [0.5, 0.6) is 5.75 Å². The average Bonchev–Trinajstić information content (AvgIpc) is 2.82. The van der Waals surface area contributed by atoms with Gasteiger partial charge in [0.05, 0.1) is 18.8 Å². The summed E-state index contributed by atoms with van der Waals surface area (Å²) in [5.74, 6) is 1.45. The lowest BCUT2D eigenvalue weighted by Crippen LogP contribution is -2.04. The van der Waals surface area contributed by atoms with Gasteiger partial charge in [-0.2, -0.15) is 5.10 Å². The quantitative estimate of drug-likeness (QED) is 0.775. The largest absolute Gasteiger partial charge is 0.491 e. The van der Waals surface area contributed by atoms with Crippen molar-refractivity contribution >= 4 is 11.4 Å². The molecule has 19 heavy (non-hydrogen) atoms. The molecule has 3 N–H and O–H groups in total. The van der Waals surface area contributed by atoms with Gasteiger partial charge in [-0.25, -0.2) is 4.98 Å². The van der Waals surface area contributed by atoms with Crippen molar-refractivity contribution in [1.82, 2.24) is 14.8 Å². The van der Waals surface area contributed by atoms with Crippen LogP contribution in [0.1, 0.15) is 19.2 Å². The van der Waals surface area contributed by atoms with E-state index in [1.54, 1.807) is 11.0 Å². The highest BCUT2D eigenvalue weighted by Crippen LogP contribution is 2.25. The summed E-state index contributed by atoms with van der Waals surface area (Å²) in [7, 11) is 1.84. The highest BCUT2D eigenvalue weighted by molar-refractivity contribution is 5.61. The zero-order chi connectivity index (χ0) is 13.7. The van der Waals surface area contributed by atoms with Crippen LogP contribution < -0.4 is 15.8 Å². The number of nitrogens with zero attached hydrogens (tertiary/aromatic N) is 3. The highest BCUT2D eigenvalue weighted by atomic mass is 16.5. The number of hydrogen-bond donors (Lipinski definition) is 2. The van der Waals surface area contributed by atoms with Crippen molar-refractivity contribution in [3.8, 4) is 5.75 Å². The van der Waals surface area contributed by atoms with Gasteiger partial charge in [0.1, 0.15) is 12.1 Å². The van der Waals surface area contributed by atoms with Crippen LogP contribution in [-0.4, -0.2) is 21.4 Å². The third-order valence-corrected chi connectivity index (χ3v) is 2.57. The Balaban J connectivity index is 2.00. The van der Waals surface area contributed by atoms with Gasteiger partial charge in [-0.15, -0.1) is 0 Å². The van der Waals surface area contributed by atoms with Crippen molar-refractivity contribution < 1.29 is 4.74 Å². The van der Waals surface area contributed by atoms with Crippen molar-refractivity contribution in [2.75, 3.05) is 17.7 Å². The lowest BCUT2D eigenvalue weighted by atomic mass is 10.2. The molecular weight excluding hydrogens is 242 g/mol. The van der Waals surface area contributed by atoms with Gasteiger partial charge in [-0.1, -0.05) is 6.92 Å². The lowest BCUT2D eigenvalue weighted by molar-refractivity contribution is 0.319. The molecule has 2 aromatic rings. The van der Waals surface area contributed by atoms with E-state index in [4.69, 9.17) is 10.5 Å². The molecule has 0 bridgehead atoms. The van der Waals surface area contributed by atoms with Crippen LogP contribution in [0.2, 0.25) is 0 Å². The van der Waals surface area contributed by atoms with Crippen LogP contribution in [-0.2, 0) is 13.6 Å². The minimum absolute atomic E-state index is 0.567. The SMILES string of the molecule is CCCOc1cc(NCc2ncn(C)n2)ccc1N. The van der Waals surface area contributed by atoms with E-state index in [2.05, 4.69) is 22.3 Å². The van der Waals surface area contributed by atoms with E-state index in [0.717, 1.165) is 17.9 Å². The number of aromatic nitrogens is 3. The summed E-state index contributed by atoms with van der Waals surface area (Å²) < 4.78 is 7.26. The summed E-state index contributed by atoms with van der Waals surface area (Å²) in [5, 5.41) is 7.45. The number of hydrogen-bond acceptors (Lipinski definition) is 5. The van der Waals surface area contributed by atoms with E-state index in [-0.39, 0.29) is 0 Å². The number of ether oxygens (including phenoxy) is 1. The van der Waals surface area contributed by atoms with Crippen LogP contribution in [0, 0.1) is 0 Å². The average molecular weight is 261 g/mol. The van der Waals surface area contributed by atoms with Crippen LogP contribution in [0.15, 0.2) is 24.5 Å². The van der Waals surface area contributed by atoms with Gasteiger partial charge < -0.3 is 15.8 Å². The molecule has 0 aliphatic heterocycles. The number of nitrogen functional groups attached to an aromatic ring is 1. The standard InChI is InChI=1S/C13H19N5O/c1-3-6-19-12-7-10(4-5-11(12)14)15-8-13-16-9-18(2)17-13/h4-5,7,9,15H,3,6,8,14H2,1-2H3. The molecule has 2 rings (SSSR count). The summed E-state index contributed by atoms with van der Waals surface area (Å²) in [5.41, 5.74) is 7.45. The normalized spacial score (nSPS) is 10.4. The molecule has 1 heterocycles. The molecule has 6 heteroatoms. The molecule has 1 aromatic heterocycles. The predicted octanol–water partition coefficient (Wildman–Crippen LogP) is 1.80. The maximum atomic E-state index is 5.86. The summed E-state index contributed by atoms with van der Waals surface area (Å²) in [6.45, 7) is 3.29. The Bertz CT molecular complexity index is 538. The molecule has 0 aliphatic carbocycles. The van der Waals surface area contributed by atoms with E-state index in [1.165, 1.54) is 0 Å². The number of aryl methyl sites for hydroxylation is 1. The van der Waals surface area contributed by atoms with E-state index < -0.39 is 0 Å².